The molecule has 1 aromatic heterocycles. The number of thiophene rings is 1. The zero-order chi connectivity index (χ0) is 16.1. The van der Waals surface area contributed by atoms with Gasteiger partial charge in [-0.25, -0.2) is 4.79 Å². The molecule has 6 heteroatoms. The molecule has 2 rings (SSSR count). The van der Waals surface area contributed by atoms with Crippen molar-refractivity contribution >= 4 is 28.9 Å². The molecule has 1 unspecified atom stereocenters. The molecule has 5 nitrogen and oxygen atoms in total. The van der Waals surface area contributed by atoms with Gasteiger partial charge in [-0.05, 0) is 60.0 Å². The summed E-state index contributed by atoms with van der Waals surface area (Å²) in [5.41, 5.74) is 2.49. The van der Waals surface area contributed by atoms with Crippen LogP contribution in [0.5, 0.6) is 5.75 Å². The molecule has 0 radical (unpaired) electrons. The van der Waals surface area contributed by atoms with E-state index >= 15 is 0 Å². The lowest BCUT2D eigenvalue weighted by molar-refractivity contribution is -0.139. The van der Waals surface area contributed by atoms with Crippen LogP contribution in [0.3, 0.4) is 0 Å². The summed E-state index contributed by atoms with van der Waals surface area (Å²) in [6.07, 6.45) is 0. The second-order valence-corrected chi connectivity index (χ2v) is 5.71. The molecule has 0 aliphatic rings. The summed E-state index contributed by atoms with van der Waals surface area (Å²) >= 11 is 1.56. The van der Waals surface area contributed by atoms with Crippen molar-refractivity contribution in [3.05, 3.63) is 46.2 Å². The number of anilines is 1. The molecule has 0 aliphatic heterocycles. The van der Waals surface area contributed by atoms with E-state index in [-0.39, 0.29) is 18.4 Å². The van der Waals surface area contributed by atoms with E-state index in [1.54, 1.807) is 29.5 Å². The van der Waals surface area contributed by atoms with Crippen molar-refractivity contribution in [3.8, 4) is 5.75 Å². The SMILES string of the molecule is Cc1cc(OCC(=O)O)ccc1NC(=O)C(C)c1ccsc1. The fourth-order valence-corrected chi connectivity index (χ4v) is 2.68. The van der Waals surface area contributed by atoms with Gasteiger partial charge in [-0.1, -0.05) is 0 Å². The molecule has 22 heavy (non-hydrogen) atoms. The highest BCUT2D eigenvalue weighted by Crippen LogP contribution is 2.24. The Labute approximate surface area is 132 Å². The molecular weight excluding hydrogens is 302 g/mol. The van der Waals surface area contributed by atoms with Crippen LogP contribution in [0.15, 0.2) is 35.0 Å². The third-order valence-electron chi connectivity index (χ3n) is 3.25. The predicted octanol–water partition coefficient (Wildman–Crippen LogP) is 3.26. The summed E-state index contributed by atoms with van der Waals surface area (Å²) in [6, 6.07) is 6.99. The molecular formula is C16H17NO4S. The highest BCUT2D eigenvalue weighted by atomic mass is 32.1. The van der Waals surface area contributed by atoms with Crippen molar-refractivity contribution in [2.75, 3.05) is 11.9 Å². The Kier molecular flexibility index (Phi) is 5.16. The summed E-state index contributed by atoms with van der Waals surface area (Å²) in [4.78, 5) is 22.7. The van der Waals surface area contributed by atoms with Gasteiger partial charge in [0.2, 0.25) is 5.91 Å². The van der Waals surface area contributed by atoms with Gasteiger partial charge >= 0.3 is 5.97 Å². The molecule has 1 amide bonds. The normalized spacial score (nSPS) is 11.7. The zero-order valence-corrected chi connectivity index (χ0v) is 13.1. The minimum absolute atomic E-state index is 0.0827. The molecule has 0 fully saturated rings. The maximum Gasteiger partial charge on any atom is 0.341 e. The maximum absolute atomic E-state index is 12.2. The molecule has 0 saturated carbocycles. The van der Waals surface area contributed by atoms with E-state index in [1.807, 2.05) is 30.7 Å². The number of nitrogens with one attached hydrogen (secondary N) is 1. The first-order chi connectivity index (χ1) is 10.5. The van der Waals surface area contributed by atoms with Gasteiger partial charge in [-0.15, -0.1) is 0 Å². The van der Waals surface area contributed by atoms with Gasteiger partial charge in [-0.2, -0.15) is 11.3 Å². The van der Waals surface area contributed by atoms with Gasteiger partial charge in [0.15, 0.2) is 6.61 Å². The van der Waals surface area contributed by atoms with Gasteiger partial charge in [0.25, 0.3) is 0 Å². The number of carbonyl (C=O) groups excluding carboxylic acids is 1. The van der Waals surface area contributed by atoms with Crippen LogP contribution in [0.1, 0.15) is 24.0 Å². The number of aryl methyl sites for hydroxylation is 1. The molecule has 1 heterocycles. The van der Waals surface area contributed by atoms with Crippen LogP contribution in [-0.2, 0) is 9.59 Å². The van der Waals surface area contributed by atoms with E-state index in [0.29, 0.717) is 11.4 Å². The summed E-state index contributed by atoms with van der Waals surface area (Å²) in [5, 5.41) is 15.4. The highest BCUT2D eigenvalue weighted by Gasteiger charge is 2.16. The standard InChI is InChI=1S/C16H17NO4S/c1-10-7-13(21-8-15(18)19)3-4-14(10)17-16(20)11(2)12-5-6-22-9-12/h3-7,9,11H,8H2,1-2H3,(H,17,20)(H,18,19). The third kappa shape index (κ3) is 4.08. The van der Waals surface area contributed by atoms with E-state index in [4.69, 9.17) is 9.84 Å². The number of rotatable bonds is 6. The minimum atomic E-state index is -1.03. The number of carbonyl (C=O) groups is 2. The predicted molar refractivity (Wildman–Crippen MR) is 85.7 cm³/mol. The van der Waals surface area contributed by atoms with E-state index in [9.17, 15) is 9.59 Å². The number of benzene rings is 1. The number of hydrogen-bond donors (Lipinski definition) is 2. The topological polar surface area (TPSA) is 75.6 Å². The van der Waals surface area contributed by atoms with Crippen molar-refractivity contribution in [3.63, 3.8) is 0 Å². The molecule has 1 atom stereocenters. The Morgan fingerprint density at radius 1 is 1.36 bits per heavy atom. The lowest BCUT2D eigenvalue weighted by Gasteiger charge is -2.14. The van der Waals surface area contributed by atoms with Crippen LogP contribution in [0.4, 0.5) is 5.69 Å². The molecule has 0 bridgehead atoms. The summed E-state index contributed by atoms with van der Waals surface area (Å²) in [6.45, 7) is 3.30. The van der Waals surface area contributed by atoms with E-state index in [1.165, 1.54) is 0 Å². The Morgan fingerprint density at radius 2 is 2.14 bits per heavy atom. The fraction of sp³-hybridized carbons (Fsp3) is 0.250. The fourth-order valence-electron chi connectivity index (χ4n) is 1.93. The van der Waals surface area contributed by atoms with Crippen molar-refractivity contribution < 1.29 is 19.4 Å². The van der Waals surface area contributed by atoms with Crippen molar-refractivity contribution in [2.45, 2.75) is 19.8 Å². The van der Waals surface area contributed by atoms with Gasteiger partial charge in [0.1, 0.15) is 5.75 Å². The lowest BCUT2D eigenvalue weighted by atomic mass is 10.0. The van der Waals surface area contributed by atoms with E-state index in [0.717, 1.165) is 11.1 Å². The number of amides is 1. The number of carboxylic acids is 1. The Bertz CT molecular complexity index is 667. The van der Waals surface area contributed by atoms with Crippen LogP contribution >= 0.6 is 11.3 Å². The van der Waals surface area contributed by atoms with E-state index in [2.05, 4.69) is 5.32 Å². The summed E-state index contributed by atoms with van der Waals surface area (Å²) in [7, 11) is 0. The highest BCUT2D eigenvalue weighted by molar-refractivity contribution is 7.08. The molecule has 0 spiro atoms. The molecule has 2 N–H and O–H groups in total. The first-order valence-corrected chi connectivity index (χ1v) is 7.70. The lowest BCUT2D eigenvalue weighted by Crippen LogP contribution is -2.19. The monoisotopic (exact) mass is 319 g/mol. The quantitative estimate of drug-likeness (QED) is 0.857. The molecule has 2 aromatic rings. The first kappa shape index (κ1) is 16.0. The van der Waals surface area contributed by atoms with Crippen LogP contribution < -0.4 is 10.1 Å². The molecule has 0 aliphatic carbocycles. The van der Waals surface area contributed by atoms with Crippen LogP contribution in [0, 0.1) is 6.92 Å². The van der Waals surface area contributed by atoms with Gasteiger partial charge in [0.05, 0.1) is 5.92 Å². The molecule has 116 valence electrons. The smallest absolute Gasteiger partial charge is 0.341 e. The molecule has 1 aromatic carbocycles. The van der Waals surface area contributed by atoms with E-state index < -0.39 is 5.97 Å². The Morgan fingerprint density at radius 3 is 2.73 bits per heavy atom. The van der Waals surface area contributed by atoms with Gasteiger partial charge in [-0.3, -0.25) is 4.79 Å². The number of ether oxygens (including phenoxy) is 1. The maximum atomic E-state index is 12.2. The van der Waals surface area contributed by atoms with Gasteiger partial charge in [0, 0.05) is 5.69 Å². The second kappa shape index (κ2) is 7.09. The summed E-state index contributed by atoms with van der Waals surface area (Å²) < 4.78 is 5.10. The van der Waals surface area contributed by atoms with Gasteiger partial charge < -0.3 is 15.2 Å². The van der Waals surface area contributed by atoms with Crippen molar-refractivity contribution in [2.24, 2.45) is 0 Å². The van der Waals surface area contributed by atoms with Crippen LogP contribution in [-0.4, -0.2) is 23.6 Å². The molecule has 0 saturated heterocycles. The average Bonchev–Trinajstić information content (AvgIpc) is 3.00. The zero-order valence-electron chi connectivity index (χ0n) is 12.3. The van der Waals surface area contributed by atoms with Crippen molar-refractivity contribution in [1.29, 1.82) is 0 Å². The Hall–Kier alpha value is -2.34. The largest absolute Gasteiger partial charge is 0.482 e. The summed E-state index contributed by atoms with van der Waals surface area (Å²) in [5.74, 6) is -0.877. The van der Waals surface area contributed by atoms with Crippen LogP contribution in [0.2, 0.25) is 0 Å². The number of carboxylic acid groups (broad SMARTS) is 1. The average molecular weight is 319 g/mol. The third-order valence-corrected chi connectivity index (χ3v) is 3.96. The second-order valence-electron chi connectivity index (χ2n) is 4.93. The minimum Gasteiger partial charge on any atom is -0.482 e. The van der Waals surface area contributed by atoms with Crippen molar-refractivity contribution in [1.82, 2.24) is 0 Å². The van der Waals surface area contributed by atoms with Crippen LogP contribution in [0.25, 0.3) is 0 Å². The number of aliphatic carboxylic acids is 1. The first-order valence-electron chi connectivity index (χ1n) is 6.75. The number of hydrogen-bond acceptors (Lipinski definition) is 4. The Balaban J connectivity index is 2.03.